The lowest BCUT2D eigenvalue weighted by Crippen LogP contribution is -2.04. The van der Waals surface area contributed by atoms with Gasteiger partial charge in [-0.3, -0.25) is 0 Å². The van der Waals surface area contributed by atoms with E-state index in [1.54, 1.807) is 12.1 Å². The van der Waals surface area contributed by atoms with Gasteiger partial charge in [-0.1, -0.05) is 12.1 Å². The number of hydrogen-bond donors (Lipinski definition) is 1. The van der Waals surface area contributed by atoms with Gasteiger partial charge in [0.15, 0.2) is 11.6 Å². The van der Waals surface area contributed by atoms with Gasteiger partial charge in [-0.2, -0.15) is 0 Å². The molecule has 0 fully saturated rings. The summed E-state index contributed by atoms with van der Waals surface area (Å²) in [6.45, 7) is 2.68. The quantitative estimate of drug-likeness (QED) is 0.899. The number of hydrogen-bond acceptors (Lipinski definition) is 2. The first-order chi connectivity index (χ1) is 9.10. The van der Waals surface area contributed by atoms with E-state index in [1.165, 1.54) is 6.07 Å². The standard InChI is InChI=1S/C15H15BrFNO/c1-10-3-5-13(17)15(7-10)19-14-6-4-11(9-18-2)8-12(14)16/h3-8,18H,9H2,1-2H3. The molecule has 2 rings (SSSR count). The van der Waals surface area contributed by atoms with E-state index < -0.39 is 0 Å². The first-order valence-corrected chi connectivity index (χ1v) is 6.76. The fraction of sp³-hybridized carbons (Fsp3) is 0.200. The smallest absolute Gasteiger partial charge is 0.165 e. The van der Waals surface area contributed by atoms with Crippen molar-refractivity contribution in [3.63, 3.8) is 0 Å². The third-order valence-electron chi connectivity index (χ3n) is 2.68. The average molecular weight is 324 g/mol. The Labute approximate surface area is 120 Å². The first kappa shape index (κ1) is 14.0. The zero-order chi connectivity index (χ0) is 13.8. The number of ether oxygens (including phenoxy) is 1. The summed E-state index contributed by atoms with van der Waals surface area (Å²) in [5.74, 6) is 0.475. The Morgan fingerprint density at radius 2 is 1.95 bits per heavy atom. The van der Waals surface area contributed by atoms with E-state index in [9.17, 15) is 4.39 Å². The highest BCUT2D eigenvalue weighted by molar-refractivity contribution is 9.10. The Morgan fingerprint density at radius 3 is 2.63 bits per heavy atom. The summed E-state index contributed by atoms with van der Waals surface area (Å²) >= 11 is 3.44. The molecule has 0 aromatic heterocycles. The molecular formula is C15H15BrFNO. The fourth-order valence-electron chi connectivity index (χ4n) is 1.75. The van der Waals surface area contributed by atoms with Crippen molar-refractivity contribution in [2.75, 3.05) is 7.05 Å². The van der Waals surface area contributed by atoms with Gasteiger partial charge in [0, 0.05) is 6.54 Å². The molecule has 2 aromatic carbocycles. The van der Waals surface area contributed by atoms with Gasteiger partial charge in [-0.25, -0.2) is 4.39 Å². The SMILES string of the molecule is CNCc1ccc(Oc2cc(C)ccc2F)c(Br)c1. The van der Waals surface area contributed by atoms with Gasteiger partial charge in [-0.05, 0) is 65.3 Å². The lowest BCUT2D eigenvalue weighted by molar-refractivity contribution is 0.439. The van der Waals surface area contributed by atoms with Crippen LogP contribution in [0.2, 0.25) is 0 Å². The molecule has 2 aromatic rings. The highest BCUT2D eigenvalue weighted by atomic mass is 79.9. The Morgan fingerprint density at radius 1 is 1.16 bits per heavy atom. The summed E-state index contributed by atoms with van der Waals surface area (Å²) in [6.07, 6.45) is 0. The van der Waals surface area contributed by atoms with Crippen LogP contribution in [0.1, 0.15) is 11.1 Å². The Kier molecular flexibility index (Phi) is 4.56. The molecular weight excluding hydrogens is 309 g/mol. The summed E-state index contributed by atoms with van der Waals surface area (Å²) in [5, 5.41) is 3.08. The second kappa shape index (κ2) is 6.17. The maximum absolute atomic E-state index is 13.6. The number of benzene rings is 2. The van der Waals surface area contributed by atoms with Crippen LogP contribution in [0.15, 0.2) is 40.9 Å². The van der Waals surface area contributed by atoms with Crippen LogP contribution >= 0.6 is 15.9 Å². The minimum absolute atomic E-state index is 0.238. The van der Waals surface area contributed by atoms with Crippen LogP contribution in [0.25, 0.3) is 0 Å². The molecule has 0 radical (unpaired) electrons. The zero-order valence-electron chi connectivity index (χ0n) is 10.8. The summed E-state index contributed by atoms with van der Waals surface area (Å²) in [4.78, 5) is 0. The van der Waals surface area contributed by atoms with E-state index >= 15 is 0 Å². The van der Waals surface area contributed by atoms with Crippen LogP contribution in [-0.4, -0.2) is 7.05 Å². The van der Waals surface area contributed by atoms with Crippen molar-refractivity contribution in [3.05, 3.63) is 57.8 Å². The van der Waals surface area contributed by atoms with Gasteiger partial charge in [0.05, 0.1) is 4.47 Å². The van der Waals surface area contributed by atoms with Crippen molar-refractivity contribution in [1.82, 2.24) is 5.32 Å². The van der Waals surface area contributed by atoms with Crippen LogP contribution in [-0.2, 0) is 6.54 Å². The molecule has 2 nitrogen and oxygen atoms in total. The molecule has 0 aliphatic heterocycles. The Balaban J connectivity index is 2.25. The normalized spacial score (nSPS) is 10.5. The van der Waals surface area contributed by atoms with E-state index in [-0.39, 0.29) is 11.6 Å². The van der Waals surface area contributed by atoms with Crippen molar-refractivity contribution in [1.29, 1.82) is 0 Å². The average Bonchev–Trinajstić information content (AvgIpc) is 2.37. The van der Waals surface area contributed by atoms with Crippen LogP contribution in [0.3, 0.4) is 0 Å². The molecule has 0 saturated carbocycles. The predicted molar refractivity (Wildman–Crippen MR) is 78.1 cm³/mol. The minimum atomic E-state index is -0.364. The van der Waals surface area contributed by atoms with Gasteiger partial charge < -0.3 is 10.1 Å². The maximum atomic E-state index is 13.6. The minimum Gasteiger partial charge on any atom is -0.453 e. The van der Waals surface area contributed by atoms with Crippen LogP contribution < -0.4 is 10.1 Å². The van der Waals surface area contributed by atoms with Crippen LogP contribution in [0.5, 0.6) is 11.5 Å². The zero-order valence-corrected chi connectivity index (χ0v) is 12.4. The van der Waals surface area contributed by atoms with Crippen LogP contribution in [0.4, 0.5) is 4.39 Å². The number of halogens is 2. The largest absolute Gasteiger partial charge is 0.453 e. The lowest BCUT2D eigenvalue weighted by Gasteiger charge is -2.10. The summed E-state index contributed by atoms with van der Waals surface area (Å²) in [5.41, 5.74) is 2.09. The molecule has 0 aliphatic rings. The third kappa shape index (κ3) is 3.55. The molecule has 19 heavy (non-hydrogen) atoms. The maximum Gasteiger partial charge on any atom is 0.165 e. The highest BCUT2D eigenvalue weighted by Gasteiger charge is 2.08. The molecule has 0 unspecified atom stereocenters. The third-order valence-corrected chi connectivity index (χ3v) is 3.30. The molecule has 0 amide bonds. The predicted octanol–water partition coefficient (Wildman–Crippen LogP) is 4.41. The van der Waals surface area contributed by atoms with Gasteiger partial charge in [-0.15, -0.1) is 0 Å². The van der Waals surface area contributed by atoms with Gasteiger partial charge in [0.25, 0.3) is 0 Å². The second-order valence-electron chi connectivity index (χ2n) is 4.33. The van der Waals surface area contributed by atoms with E-state index in [0.717, 1.165) is 22.1 Å². The van der Waals surface area contributed by atoms with Crippen LogP contribution in [0, 0.1) is 12.7 Å². The Hall–Kier alpha value is -1.39. The number of rotatable bonds is 4. The second-order valence-corrected chi connectivity index (χ2v) is 5.19. The van der Waals surface area contributed by atoms with Gasteiger partial charge in [0.1, 0.15) is 5.75 Å². The van der Waals surface area contributed by atoms with E-state index in [0.29, 0.717) is 5.75 Å². The lowest BCUT2D eigenvalue weighted by atomic mass is 10.2. The van der Waals surface area contributed by atoms with Crippen molar-refractivity contribution in [3.8, 4) is 11.5 Å². The molecule has 4 heteroatoms. The van der Waals surface area contributed by atoms with E-state index in [1.807, 2.05) is 32.2 Å². The summed E-state index contributed by atoms with van der Waals surface area (Å²) in [7, 11) is 1.89. The Bertz CT molecular complexity index is 586. The van der Waals surface area contributed by atoms with Crippen molar-refractivity contribution >= 4 is 15.9 Å². The number of aryl methyl sites for hydroxylation is 1. The molecule has 100 valence electrons. The molecule has 0 aliphatic carbocycles. The van der Waals surface area contributed by atoms with Crippen molar-refractivity contribution in [2.24, 2.45) is 0 Å². The molecule has 1 N–H and O–H groups in total. The molecule has 0 atom stereocenters. The van der Waals surface area contributed by atoms with E-state index in [2.05, 4.69) is 21.2 Å². The van der Waals surface area contributed by atoms with Crippen molar-refractivity contribution in [2.45, 2.75) is 13.5 Å². The first-order valence-electron chi connectivity index (χ1n) is 5.97. The molecule has 0 heterocycles. The monoisotopic (exact) mass is 323 g/mol. The fourth-order valence-corrected chi connectivity index (χ4v) is 2.26. The van der Waals surface area contributed by atoms with Crippen molar-refractivity contribution < 1.29 is 9.13 Å². The molecule has 0 bridgehead atoms. The van der Waals surface area contributed by atoms with Gasteiger partial charge >= 0.3 is 0 Å². The summed E-state index contributed by atoms with van der Waals surface area (Å²) in [6, 6.07) is 10.5. The highest BCUT2D eigenvalue weighted by Crippen LogP contribution is 2.32. The molecule has 0 spiro atoms. The summed E-state index contributed by atoms with van der Waals surface area (Å²) < 4.78 is 20.1. The molecule has 0 saturated heterocycles. The topological polar surface area (TPSA) is 21.3 Å². The number of nitrogens with one attached hydrogen (secondary N) is 1. The van der Waals surface area contributed by atoms with Gasteiger partial charge in [0.2, 0.25) is 0 Å². The van der Waals surface area contributed by atoms with E-state index in [4.69, 9.17) is 4.74 Å².